The van der Waals surface area contributed by atoms with Crippen LogP contribution in [0, 0.1) is 10.1 Å². The number of nitrogens with one attached hydrogen (secondary N) is 1. The van der Waals surface area contributed by atoms with E-state index in [4.69, 9.17) is 0 Å². The van der Waals surface area contributed by atoms with E-state index in [9.17, 15) is 14.9 Å². The van der Waals surface area contributed by atoms with Gasteiger partial charge in [0.25, 0.3) is 11.2 Å². The predicted octanol–water partition coefficient (Wildman–Crippen LogP) is 1.95. The lowest BCUT2D eigenvalue weighted by molar-refractivity contribution is -0.384. The first-order valence-electron chi connectivity index (χ1n) is 5.40. The molecular weight excluding hydrogens is 234 g/mol. The molecule has 0 radical (unpaired) electrons. The third-order valence-corrected chi connectivity index (χ3v) is 2.54. The zero-order chi connectivity index (χ0) is 13.1. The first-order chi connectivity index (χ1) is 8.61. The minimum atomic E-state index is -0.490. The first kappa shape index (κ1) is 12.0. The molecule has 6 nitrogen and oxygen atoms in total. The van der Waals surface area contributed by atoms with Crippen LogP contribution >= 0.6 is 0 Å². The third kappa shape index (κ3) is 2.27. The number of aryl methyl sites for hydroxylation is 1. The predicted molar refractivity (Wildman–Crippen MR) is 67.5 cm³/mol. The van der Waals surface area contributed by atoms with E-state index in [-0.39, 0.29) is 11.2 Å². The van der Waals surface area contributed by atoms with Crippen molar-refractivity contribution in [1.29, 1.82) is 0 Å². The number of rotatable bonds is 4. The number of allylic oxidation sites excluding steroid dienone is 1. The quantitative estimate of drug-likeness (QED) is 0.506. The Morgan fingerprint density at radius 1 is 1.50 bits per heavy atom. The van der Waals surface area contributed by atoms with E-state index in [0.29, 0.717) is 29.6 Å². The number of hydrogen-bond acceptors (Lipinski definition) is 4. The van der Waals surface area contributed by atoms with Gasteiger partial charge in [0.2, 0.25) is 0 Å². The third-order valence-electron chi connectivity index (χ3n) is 2.54. The van der Waals surface area contributed by atoms with Crippen LogP contribution in [0.25, 0.3) is 11.0 Å². The van der Waals surface area contributed by atoms with Gasteiger partial charge in [0.15, 0.2) is 0 Å². The van der Waals surface area contributed by atoms with E-state index in [1.807, 2.05) is 0 Å². The Morgan fingerprint density at radius 3 is 2.94 bits per heavy atom. The van der Waals surface area contributed by atoms with Crippen molar-refractivity contribution in [2.45, 2.75) is 12.8 Å². The van der Waals surface area contributed by atoms with E-state index >= 15 is 0 Å². The first-order valence-corrected chi connectivity index (χ1v) is 5.40. The van der Waals surface area contributed by atoms with Crippen LogP contribution in [0.4, 0.5) is 5.69 Å². The minimum absolute atomic E-state index is 0.0447. The molecule has 0 amide bonds. The Balaban J connectivity index is 2.55. The van der Waals surface area contributed by atoms with Crippen LogP contribution in [0.3, 0.4) is 0 Å². The van der Waals surface area contributed by atoms with Gasteiger partial charge in [-0.1, -0.05) is 6.08 Å². The summed E-state index contributed by atoms with van der Waals surface area (Å²) in [5.74, 6) is 0. The number of hydrogen-bond donors (Lipinski definition) is 1. The summed E-state index contributed by atoms with van der Waals surface area (Å²) in [5, 5.41) is 10.7. The van der Waals surface area contributed by atoms with Gasteiger partial charge in [-0.15, -0.1) is 6.58 Å². The monoisotopic (exact) mass is 245 g/mol. The zero-order valence-electron chi connectivity index (χ0n) is 9.55. The molecule has 0 aliphatic heterocycles. The van der Waals surface area contributed by atoms with Crippen molar-refractivity contribution in [3.63, 3.8) is 0 Å². The average Bonchev–Trinajstić information content (AvgIpc) is 2.35. The molecule has 2 rings (SSSR count). The van der Waals surface area contributed by atoms with Gasteiger partial charge in [-0.3, -0.25) is 14.9 Å². The fourth-order valence-corrected chi connectivity index (χ4v) is 1.63. The second-order valence-electron chi connectivity index (χ2n) is 3.80. The molecule has 6 heteroatoms. The lowest BCUT2D eigenvalue weighted by Crippen LogP contribution is -2.15. The Hall–Kier alpha value is -2.50. The summed E-state index contributed by atoms with van der Waals surface area (Å²) in [7, 11) is 0. The molecule has 0 aliphatic carbocycles. The fourth-order valence-electron chi connectivity index (χ4n) is 1.63. The Bertz CT molecular complexity index is 676. The number of nitro benzene ring substituents is 1. The molecule has 1 heterocycles. The van der Waals surface area contributed by atoms with E-state index in [1.165, 1.54) is 18.2 Å². The summed E-state index contributed by atoms with van der Waals surface area (Å²) in [6, 6.07) is 4.17. The number of aromatic nitrogens is 2. The van der Waals surface area contributed by atoms with Gasteiger partial charge >= 0.3 is 0 Å². The highest BCUT2D eigenvalue weighted by Crippen LogP contribution is 2.16. The van der Waals surface area contributed by atoms with Crippen LogP contribution < -0.4 is 5.56 Å². The number of nitro groups is 1. The molecule has 0 atom stereocenters. The number of H-pyrrole nitrogens is 1. The number of benzene rings is 1. The highest BCUT2D eigenvalue weighted by Gasteiger charge is 2.09. The highest BCUT2D eigenvalue weighted by atomic mass is 16.6. The summed E-state index contributed by atoms with van der Waals surface area (Å²) in [6.07, 6.45) is 2.80. The second-order valence-corrected chi connectivity index (χ2v) is 3.80. The smallest absolute Gasteiger partial charge is 0.271 e. The van der Waals surface area contributed by atoms with Crippen molar-refractivity contribution in [2.24, 2.45) is 0 Å². The molecule has 0 spiro atoms. The van der Waals surface area contributed by atoms with Gasteiger partial charge in [-0.05, 0) is 18.9 Å². The van der Waals surface area contributed by atoms with Crippen molar-refractivity contribution < 1.29 is 4.92 Å². The van der Waals surface area contributed by atoms with Gasteiger partial charge in [0.1, 0.15) is 5.69 Å². The van der Waals surface area contributed by atoms with E-state index in [1.54, 1.807) is 6.08 Å². The van der Waals surface area contributed by atoms with Crippen LogP contribution in [0.1, 0.15) is 12.1 Å². The van der Waals surface area contributed by atoms with Crippen molar-refractivity contribution in [3.8, 4) is 0 Å². The Morgan fingerprint density at radius 2 is 2.28 bits per heavy atom. The molecule has 1 N–H and O–H groups in total. The van der Waals surface area contributed by atoms with Crippen molar-refractivity contribution in [3.05, 3.63) is 57.0 Å². The molecular formula is C12H11N3O3. The van der Waals surface area contributed by atoms with Crippen molar-refractivity contribution >= 4 is 16.7 Å². The molecule has 0 saturated carbocycles. The summed E-state index contributed by atoms with van der Waals surface area (Å²) in [6.45, 7) is 3.58. The largest absolute Gasteiger partial charge is 0.319 e. The molecule has 2 aromatic rings. The highest BCUT2D eigenvalue weighted by molar-refractivity contribution is 5.76. The molecule has 1 aromatic heterocycles. The topological polar surface area (TPSA) is 88.9 Å². The summed E-state index contributed by atoms with van der Waals surface area (Å²) in [5.41, 5.74) is 0.966. The number of fused-ring (bicyclic) bond motifs is 1. The van der Waals surface area contributed by atoms with Crippen LogP contribution in [-0.2, 0) is 6.42 Å². The standard InChI is InChI=1S/C12H11N3O3/c1-2-3-4-10-12(16)14-9-6-5-8(15(17)18)7-11(9)13-10/h2,5-7H,1,3-4H2,(H,14,16). The minimum Gasteiger partial charge on any atom is -0.319 e. The summed E-state index contributed by atoms with van der Waals surface area (Å²) in [4.78, 5) is 28.7. The van der Waals surface area contributed by atoms with Gasteiger partial charge < -0.3 is 4.98 Å². The molecule has 0 bridgehead atoms. The van der Waals surface area contributed by atoms with Crippen LogP contribution in [-0.4, -0.2) is 14.9 Å². The maximum absolute atomic E-state index is 11.7. The van der Waals surface area contributed by atoms with Gasteiger partial charge in [0.05, 0.1) is 16.0 Å². The van der Waals surface area contributed by atoms with E-state index in [2.05, 4.69) is 16.5 Å². The van der Waals surface area contributed by atoms with E-state index < -0.39 is 4.92 Å². The van der Waals surface area contributed by atoms with Gasteiger partial charge in [-0.25, -0.2) is 4.98 Å². The molecule has 0 saturated heterocycles. The van der Waals surface area contributed by atoms with Crippen LogP contribution in [0.15, 0.2) is 35.6 Å². The van der Waals surface area contributed by atoms with Crippen molar-refractivity contribution in [2.75, 3.05) is 0 Å². The molecule has 18 heavy (non-hydrogen) atoms. The van der Waals surface area contributed by atoms with Crippen molar-refractivity contribution in [1.82, 2.24) is 9.97 Å². The maximum Gasteiger partial charge on any atom is 0.271 e. The molecule has 92 valence electrons. The molecule has 0 unspecified atom stereocenters. The summed E-state index contributed by atoms with van der Waals surface area (Å²) < 4.78 is 0. The summed E-state index contributed by atoms with van der Waals surface area (Å²) >= 11 is 0. The number of nitrogens with zero attached hydrogens (tertiary/aromatic N) is 2. The fraction of sp³-hybridized carbons (Fsp3) is 0.167. The Labute approximate surface area is 102 Å². The van der Waals surface area contributed by atoms with Gasteiger partial charge in [-0.2, -0.15) is 0 Å². The number of aromatic amines is 1. The SMILES string of the molecule is C=CCCc1nc2cc([N+](=O)[O-])ccc2[nH]c1=O. The van der Waals surface area contributed by atoms with Crippen LogP contribution in [0.2, 0.25) is 0 Å². The normalized spacial score (nSPS) is 10.4. The second kappa shape index (κ2) is 4.79. The molecule has 0 aliphatic rings. The lowest BCUT2D eigenvalue weighted by Gasteiger charge is -2.01. The lowest BCUT2D eigenvalue weighted by atomic mass is 10.2. The maximum atomic E-state index is 11.7. The molecule has 1 aromatic carbocycles. The average molecular weight is 245 g/mol. The van der Waals surface area contributed by atoms with E-state index in [0.717, 1.165) is 0 Å². The molecule has 0 fully saturated rings. The zero-order valence-corrected chi connectivity index (χ0v) is 9.55. The van der Waals surface area contributed by atoms with Gasteiger partial charge in [0, 0.05) is 12.1 Å². The van der Waals surface area contributed by atoms with Crippen LogP contribution in [0.5, 0.6) is 0 Å². The number of non-ortho nitro benzene ring substituents is 1. The Kier molecular flexibility index (Phi) is 3.18.